The summed E-state index contributed by atoms with van der Waals surface area (Å²) in [4.78, 5) is 11.8. The van der Waals surface area contributed by atoms with E-state index in [0.29, 0.717) is 5.92 Å². The third-order valence-corrected chi connectivity index (χ3v) is 4.56. The summed E-state index contributed by atoms with van der Waals surface area (Å²) in [7, 11) is 0. The normalized spacial score (nSPS) is 21.2. The summed E-state index contributed by atoms with van der Waals surface area (Å²) >= 11 is 6.34. The van der Waals surface area contributed by atoms with Gasteiger partial charge in [-0.05, 0) is 50.9 Å². The smallest absolute Gasteiger partial charge is 0.160 e. The van der Waals surface area contributed by atoms with Gasteiger partial charge in [-0.1, -0.05) is 6.92 Å². The van der Waals surface area contributed by atoms with Crippen LogP contribution < -0.4 is 0 Å². The van der Waals surface area contributed by atoms with Crippen molar-refractivity contribution in [2.45, 2.75) is 39.1 Å². The van der Waals surface area contributed by atoms with E-state index in [1.807, 2.05) is 20.0 Å². The predicted molar refractivity (Wildman–Crippen MR) is 86.8 cm³/mol. The van der Waals surface area contributed by atoms with Gasteiger partial charge in [-0.25, -0.2) is 9.97 Å². The molecule has 4 nitrogen and oxygen atoms in total. The molecule has 2 unspecified atom stereocenters. The summed E-state index contributed by atoms with van der Waals surface area (Å²) in [5, 5.41) is -0.0943. The SMILES string of the molecule is CCN1CCC(Cn2c(C(C)Cl)nc3cc(C)cnc32)C1. The van der Waals surface area contributed by atoms with E-state index in [0.717, 1.165) is 42.2 Å². The largest absolute Gasteiger partial charge is 0.311 e. The Morgan fingerprint density at radius 2 is 2.29 bits per heavy atom. The van der Waals surface area contributed by atoms with Crippen LogP contribution in [0, 0.1) is 12.8 Å². The third-order valence-electron chi connectivity index (χ3n) is 4.36. The molecule has 2 atom stereocenters. The number of nitrogens with zero attached hydrogens (tertiary/aromatic N) is 4. The number of pyridine rings is 1. The van der Waals surface area contributed by atoms with E-state index < -0.39 is 0 Å². The summed E-state index contributed by atoms with van der Waals surface area (Å²) in [6, 6.07) is 2.09. The molecule has 1 saturated heterocycles. The molecular formula is C16H23ClN4. The second-order valence-electron chi connectivity index (χ2n) is 6.10. The molecule has 0 amide bonds. The fraction of sp³-hybridized carbons (Fsp3) is 0.625. The van der Waals surface area contributed by atoms with Gasteiger partial charge in [0.05, 0.1) is 5.38 Å². The molecular weight excluding hydrogens is 284 g/mol. The maximum atomic E-state index is 6.34. The number of alkyl halides is 1. The van der Waals surface area contributed by atoms with E-state index in [1.165, 1.54) is 13.0 Å². The Labute approximate surface area is 131 Å². The highest BCUT2D eigenvalue weighted by Crippen LogP contribution is 2.27. The molecule has 0 saturated carbocycles. The zero-order valence-corrected chi connectivity index (χ0v) is 13.8. The number of fused-ring (bicyclic) bond motifs is 1. The second kappa shape index (κ2) is 5.93. The quantitative estimate of drug-likeness (QED) is 0.812. The van der Waals surface area contributed by atoms with Crippen LogP contribution in [0.1, 0.15) is 37.0 Å². The average Bonchev–Trinajstić information content (AvgIpc) is 3.04. The van der Waals surface area contributed by atoms with Gasteiger partial charge in [0.15, 0.2) is 5.65 Å². The Kier molecular flexibility index (Phi) is 4.18. The zero-order chi connectivity index (χ0) is 15.0. The zero-order valence-electron chi connectivity index (χ0n) is 13.0. The summed E-state index contributed by atoms with van der Waals surface area (Å²) in [5.74, 6) is 1.61. The maximum Gasteiger partial charge on any atom is 0.160 e. The molecule has 1 fully saturated rings. The molecule has 0 aliphatic carbocycles. The van der Waals surface area contributed by atoms with Crippen LogP contribution >= 0.6 is 11.6 Å². The average molecular weight is 307 g/mol. The summed E-state index contributed by atoms with van der Waals surface area (Å²) in [6.45, 7) is 10.7. The first kappa shape index (κ1) is 14.8. The van der Waals surface area contributed by atoms with Gasteiger partial charge in [-0.2, -0.15) is 0 Å². The lowest BCUT2D eigenvalue weighted by Gasteiger charge is -2.16. The Bertz CT molecular complexity index is 634. The Balaban J connectivity index is 1.94. The van der Waals surface area contributed by atoms with Crippen LogP contribution in [0.5, 0.6) is 0 Å². The van der Waals surface area contributed by atoms with Crippen LogP contribution in [-0.2, 0) is 6.54 Å². The van der Waals surface area contributed by atoms with Gasteiger partial charge in [0.2, 0.25) is 0 Å². The molecule has 1 aliphatic heterocycles. The third kappa shape index (κ3) is 2.92. The highest BCUT2D eigenvalue weighted by atomic mass is 35.5. The van der Waals surface area contributed by atoms with Crippen LogP contribution in [0.15, 0.2) is 12.3 Å². The first-order chi connectivity index (χ1) is 10.1. The summed E-state index contributed by atoms with van der Waals surface area (Å²) in [6.07, 6.45) is 3.16. The van der Waals surface area contributed by atoms with Crippen LogP contribution in [-0.4, -0.2) is 39.1 Å². The minimum absolute atomic E-state index is 0.0943. The van der Waals surface area contributed by atoms with Gasteiger partial charge in [0, 0.05) is 19.3 Å². The highest BCUT2D eigenvalue weighted by Gasteiger charge is 2.24. The van der Waals surface area contributed by atoms with E-state index in [4.69, 9.17) is 16.6 Å². The van der Waals surface area contributed by atoms with Crippen LogP contribution in [0.3, 0.4) is 0 Å². The molecule has 3 rings (SSSR count). The number of rotatable bonds is 4. The van der Waals surface area contributed by atoms with E-state index in [2.05, 4.69) is 27.4 Å². The second-order valence-corrected chi connectivity index (χ2v) is 6.75. The van der Waals surface area contributed by atoms with Crippen LogP contribution in [0.25, 0.3) is 11.2 Å². The van der Waals surface area contributed by atoms with Crippen molar-refractivity contribution >= 4 is 22.8 Å². The topological polar surface area (TPSA) is 34.0 Å². The Morgan fingerprint density at radius 1 is 1.48 bits per heavy atom. The molecule has 114 valence electrons. The van der Waals surface area contributed by atoms with Gasteiger partial charge >= 0.3 is 0 Å². The van der Waals surface area contributed by atoms with Gasteiger partial charge in [-0.3, -0.25) is 0 Å². The van der Waals surface area contributed by atoms with Crippen molar-refractivity contribution in [3.05, 3.63) is 23.7 Å². The first-order valence-corrected chi connectivity index (χ1v) is 8.21. The van der Waals surface area contributed by atoms with Crippen molar-refractivity contribution in [2.75, 3.05) is 19.6 Å². The lowest BCUT2D eigenvalue weighted by atomic mass is 10.1. The number of hydrogen-bond acceptors (Lipinski definition) is 3. The molecule has 21 heavy (non-hydrogen) atoms. The van der Waals surface area contributed by atoms with Crippen molar-refractivity contribution in [1.82, 2.24) is 19.4 Å². The maximum absolute atomic E-state index is 6.34. The number of aromatic nitrogens is 3. The van der Waals surface area contributed by atoms with Crippen molar-refractivity contribution in [2.24, 2.45) is 5.92 Å². The molecule has 0 N–H and O–H groups in total. The lowest BCUT2D eigenvalue weighted by molar-refractivity contribution is 0.332. The van der Waals surface area contributed by atoms with Gasteiger partial charge in [0.1, 0.15) is 11.3 Å². The molecule has 3 heterocycles. The van der Waals surface area contributed by atoms with Crippen LogP contribution in [0.2, 0.25) is 0 Å². The number of imidazole rings is 1. The minimum atomic E-state index is -0.0943. The van der Waals surface area contributed by atoms with Crippen molar-refractivity contribution < 1.29 is 0 Å². The summed E-state index contributed by atoms with van der Waals surface area (Å²) < 4.78 is 2.23. The van der Waals surface area contributed by atoms with E-state index in [-0.39, 0.29) is 5.38 Å². The number of aryl methyl sites for hydroxylation is 1. The summed E-state index contributed by atoms with van der Waals surface area (Å²) in [5.41, 5.74) is 3.07. The van der Waals surface area contributed by atoms with E-state index in [1.54, 1.807) is 0 Å². The molecule has 2 aromatic heterocycles. The predicted octanol–water partition coefficient (Wildman–Crippen LogP) is 3.38. The standard InChI is InChI=1S/C16H23ClN4/c1-4-20-6-5-13(9-20)10-21-15(12(3)17)19-14-7-11(2)8-18-16(14)21/h7-8,12-13H,4-6,9-10H2,1-3H3. The van der Waals surface area contributed by atoms with E-state index in [9.17, 15) is 0 Å². The first-order valence-electron chi connectivity index (χ1n) is 7.77. The minimum Gasteiger partial charge on any atom is -0.311 e. The monoisotopic (exact) mass is 306 g/mol. The van der Waals surface area contributed by atoms with Gasteiger partial charge < -0.3 is 9.47 Å². The molecule has 0 radical (unpaired) electrons. The van der Waals surface area contributed by atoms with Crippen molar-refractivity contribution in [3.63, 3.8) is 0 Å². The molecule has 0 bridgehead atoms. The molecule has 2 aromatic rings. The Morgan fingerprint density at radius 3 is 2.95 bits per heavy atom. The van der Waals surface area contributed by atoms with Gasteiger partial charge in [-0.15, -0.1) is 11.6 Å². The van der Waals surface area contributed by atoms with Gasteiger partial charge in [0.25, 0.3) is 0 Å². The molecule has 1 aliphatic rings. The molecule has 0 spiro atoms. The number of halogens is 1. The molecule has 0 aromatic carbocycles. The van der Waals surface area contributed by atoms with Crippen molar-refractivity contribution in [3.8, 4) is 0 Å². The van der Waals surface area contributed by atoms with Crippen LogP contribution in [0.4, 0.5) is 0 Å². The number of hydrogen-bond donors (Lipinski definition) is 0. The Hall–Kier alpha value is -1.13. The molecule has 5 heteroatoms. The van der Waals surface area contributed by atoms with E-state index >= 15 is 0 Å². The van der Waals surface area contributed by atoms with Crippen molar-refractivity contribution in [1.29, 1.82) is 0 Å². The fourth-order valence-corrected chi connectivity index (χ4v) is 3.39. The lowest BCUT2D eigenvalue weighted by Crippen LogP contribution is -2.22. The number of likely N-dealkylation sites (tertiary alicyclic amines) is 1. The fourth-order valence-electron chi connectivity index (χ4n) is 3.22. The highest BCUT2D eigenvalue weighted by molar-refractivity contribution is 6.20.